The van der Waals surface area contributed by atoms with Crippen LogP contribution < -0.4 is 19.9 Å². The van der Waals surface area contributed by atoms with Gasteiger partial charge < -0.3 is 19.7 Å². The number of carbonyl (C=O) groups excluding carboxylic acids is 2. The van der Waals surface area contributed by atoms with E-state index in [1.807, 2.05) is 25.1 Å². The van der Waals surface area contributed by atoms with Crippen molar-refractivity contribution < 1.29 is 24.3 Å². The van der Waals surface area contributed by atoms with Crippen molar-refractivity contribution in [3.8, 4) is 11.5 Å². The quantitative estimate of drug-likeness (QED) is 0.343. The van der Waals surface area contributed by atoms with Crippen LogP contribution in [0.2, 0.25) is 0 Å². The maximum absolute atomic E-state index is 13.1. The molecule has 0 spiro atoms. The fourth-order valence-electron chi connectivity index (χ4n) is 4.35. The van der Waals surface area contributed by atoms with Crippen LogP contribution in [-0.4, -0.2) is 74.3 Å². The fourth-order valence-corrected chi connectivity index (χ4v) is 4.35. The van der Waals surface area contributed by atoms with Crippen molar-refractivity contribution >= 4 is 23.2 Å². The molecule has 1 fully saturated rings. The van der Waals surface area contributed by atoms with Crippen LogP contribution >= 0.6 is 0 Å². The molecule has 3 aromatic rings. The largest absolute Gasteiger partial charge is 0.493 e. The lowest BCUT2D eigenvalue weighted by Crippen LogP contribution is -2.43. The number of rotatable bonds is 8. The van der Waals surface area contributed by atoms with Gasteiger partial charge in [0.15, 0.2) is 11.5 Å². The van der Waals surface area contributed by atoms with Gasteiger partial charge in [-0.25, -0.2) is 0 Å². The molecule has 3 aromatic carbocycles. The highest BCUT2D eigenvalue weighted by atomic mass is 16.5. The molecule has 1 heterocycles. The SMILES string of the molecule is COc1ccc(C(=O)Nc2cc(N(O)C(=O)c3cccc(CN4CCN(C)CC4)c3)ccc2C)cc1OC. The smallest absolute Gasteiger partial charge is 0.281 e. The van der Waals surface area contributed by atoms with Crippen LogP contribution in [0.25, 0.3) is 0 Å². The minimum absolute atomic E-state index is 0.243. The van der Waals surface area contributed by atoms with E-state index in [0.29, 0.717) is 33.4 Å². The second kappa shape index (κ2) is 12.1. The summed E-state index contributed by atoms with van der Waals surface area (Å²) < 4.78 is 10.5. The Balaban J connectivity index is 1.48. The molecular formula is C29H34N4O5. The Morgan fingerprint density at radius 2 is 1.66 bits per heavy atom. The lowest BCUT2D eigenvalue weighted by molar-refractivity contribution is 0.0854. The molecule has 2 amide bonds. The molecule has 4 rings (SSSR count). The predicted molar refractivity (Wildman–Crippen MR) is 146 cm³/mol. The Morgan fingerprint density at radius 1 is 0.921 bits per heavy atom. The van der Waals surface area contributed by atoms with Crippen molar-refractivity contribution in [3.63, 3.8) is 0 Å². The number of piperazine rings is 1. The number of methoxy groups -OCH3 is 2. The van der Waals surface area contributed by atoms with Gasteiger partial charge in [0.2, 0.25) is 0 Å². The number of carbonyl (C=O) groups is 2. The topological polar surface area (TPSA) is 94.6 Å². The first-order valence-electron chi connectivity index (χ1n) is 12.5. The number of anilines is 2. The molecule has 0 aliphatic carbocycles. The Labute approximate surface area is 223 Å². The molecule has 9 nitrogen and oxygen atoms in total. The molecule has 9 heteroatoms. The number of benzene rings is 3. The summed E-state index contributed by atoms with van der Waals surface area (Å²) in [6.07, 6.45) is 0. The number of hydrogen-bond acceptors (Lipinski definition) is 7. The lowest BCUT2D eigenvalue weighted by Gasteiger charge is -2.32. The van der Waals surface area contributed by atoms with Gasteiger partial charge in [-0.15, -0.1) is 0 Å². The van der Waals surface area contributed by atoms with E-state index in [0.717, 1.165) is 43.9 Å². The molecule has 0 aromatic heterocycles. The van der Waals surface area contributed by atoms with Gasteiger partial charge in [0.25, 0.3) is 11.8 Å². The van der Waals surface area contributed by atoms with Gasteiger partial charge in [-0.2, -0.15) is 5.06 Å². The van der Waals surface area contributed by atoms with E-state index in [9.17, 15) is 14.8 Å². The average Bonchev–Trinajstić information content (AvgIpc) is 2.94. The summed E-state index contributed by atoms with van der Waals surface area (Å²) in [7, 11) is 5.14. The number of hydroxylamine groups is 1. The summed E-state index contributed by atoms with van der Waals surface area (Å²) in [5, 5.41) is 14.3. The molecule has 0 atom stereocenters. The van der Waals surface area contributed by atoms with Crippen LogP contribution in [0.5, 0.6) is 11.5 Å². The highest BCUT2D eigenvalue weighted by Gasteiger charge is 2.20. The Hall–Kier alpha value is -3.92. The number of aryl methyl sites for hydroxylation is 1. The van der Waals surface area contributed by atoms with Crippen molar-refractivity contribution in [2.75, 3.05) is 57.8 Å². The standard InChI is InChI=1S/C29H34N4O5/c1-20-8-10-24(18-25(20)30-28(34)22-9-11-26(37-3)27(17-22)38-4)33(36)29(35)23-7-5-6-21(16-23)19-32-14-12-31(2)13-15-32/h5-11,16-18,36H,12-15,19H2,1-4H3,(H,30,34). The molecule has 0 unspecified atom stereocenters. The fraction of sp³-hybridized carbons (Fsp3) is 0.310. The molecule has 1 aliphatic rings. The molecule has 0 saturated carbocycles. The highest BCUT2D eigenvalue weighted by Crippen LogP contribution is 2.29. The van der Waals surface area contributed by atoms with Crippen LogP contribution in [-0.2, 0) is 6.54 Å². The van der Waals surface area contributed by atoms with E-state index in [2.05, 4.69) is 22.2 Å². The van der Waals surface area contributed by atoms with Gasteiger partial charge in [-0.05, 0) is 67.6 Å². The van der Waals surface area contributed by atoms with Crippen LogP contribution in [0.4, 0.5) is 11.4 Å². The molecule has 200 valence electrons. The zero-order valence-electron chi connectivity index (χ0n) is 22.2. The molecule has 1 aliphatic heterocycles. The normalized spacial score (nSPS) is 14.1. The monoisotopic (exact) mass is 518 g/mol. The third kappa shape index (κ3) is 6.31. The van der Waals surface area contributed by atoms with Gasteiger partial charge in [0.05, 0.1) is 19.9 Å². The van der Waals surface area contributed by atoms with Crippen molar-refractivity contribution in [3.05, 3.63) is 82.9 Å². The predicted octanol–water partition coefficient (Wildman–Crippen LogP) is 4.05. The minimum atomic E-state index is -0.550. The summed E-state index contributed by atoms with van der Waals surface area (Å²) in [4.78, 5) is 30.7. The number of likely N-dealkylation sites (N-methyl/N-ethyl adjacent to an activating group) is 1. The third-order valence-electron chi connectivity index (χ3n) is 6.73. The van der Waals surface area contributed by atoms with Crippen molar-refractivity contribution in [2.24, 2.45) is 0 Å². The van der Waals surface area contributed by atoms with Gasteiger partial charge in [0, 0.05) is 49.5 Å². The summed E-state index contributed by atoms with van der Waals surface area (Å²) in [5.74, 6) is 0.0433. The van der Waals surface area contributed by atoms with Crippen LogP contribution in [0.1, 0.15) is 31.8 Å². The van der Waals surface area contributed by atoms with E-state index < -0.39 is 5.91 Å². The van der Waals surface area contributed by atoms with E-state index in [1.165, 1.54) is 14.2 Å². The highest BCUT2D eigenvalue weighted by molar-refractivity contribution is 6.07. The first-order valence-corrected chi connectivity index (χ1v) is 12.5. The molecular weight excluding hydrogens is 484 g/mol. The third-order valence-corrected chi connectivity index (χ3v) is 6.73. The number of nitrogens with one attached hydrogen (secondary N) is 1. The van der Waals surface area contributed by atoms with Crippen LogP contribution in [0.3, 0.4) is 0 Å². The zero-order valence-corrected chi connectivity index (χ0v) is 22.2. The zero-order chi connectivity index (χ0) is 27.2. The van der Waals surface area contributed by atoms with Gasteiger partial charge in [-0.1, -0.05) is 18.2 Å². The van der Waals surface area contributed by atoms with Gasteiger partial charge >= 0.3 is 0 Å². The Kier molecular flexibility index (Phi) is 8.62. The van der Waals surface area contributed by atoms with Gasteiger partial charge in [0.1, 0.15) is 0 Å². The summed E-state index contributed by atoms with van der Waals surface area (Å²) in [6.45, 7) is 6.56. The first-order chi connectivity index (χ1) is 18.3. The maximum atomic E-state index is 13.1. The number of ether oxygens (including phenoxy) is 2. The van der Waals surface area contributed by atoms with Crippen molar-refractivity contribution in [2.45, 2.75) is 13.5 Å². The van der Waals surface area contributed by atoms with Crippen molar-refractivity contribution in [1.82, 2.24) is 9.80 Å². The molecule has 0 bridgehead atoms. The first kappa shape index (κ1) is 27.1. The maximum Gasteiger partial charge on any atom is 0.281 e. The summed E-state index contributed by atoms with van der Waals surface area (Å²) >= 11 is 0. The second-order valence-electron chi connectivity index (χ2n) is 9.42. The van der Waals surface area contributed by atoms with E-state index >= 15 is 0 Å². The number of nitrogens with zero attached hydrogens (tertiary/aromatic N) is 3. The van der Waals surface area contributed by atoms with E-state index in [1.54, 1.807) is 42.5 Å². The average molecular weight is 519 g/mol. The van der Waals surface area contributed by atoms with Crippen LogP contribution in [0, 0.1) is 6.92 Å². The summed E-state index contributed by atoms with van der Waals surface area (Å²) in [5.41, 5.74) is 3.26. The molecule has 38 heavy (non-hydrogen) atoms. The van der Waals surface area contributed by atoms with Gasteiger partial charge in [-0.3, -0.25) is 19.7 Å². The van der Waals surface area contributed by atoms with E-state index in [4.69, 9.17) is 9.47 Å². The van der Waals surface area contributed by atoms with Crippen molar-refractivity contribution in [1.29, 1.82) is 0 Å². The molecule has 2 N–H and O–H groups in total. The molecule has 1 saturated heterocycles. The summed E-state index contributed by atoms with van der Waals surface area (Å²) in [6, 6.07) is 17.1. The van der Waals surface area contributed by atoms with E-state index in [-0.39, 0.29) is 11.6 Å². The number of hydrogen-bond donors (Lipinski definition) is 2. The minimum Gasteiger partial charge on any atom is -0.493 e. The Morgan fingerprint density at radius 3 is 2.37 bits per heavy atom. The second-order valence-corrected chi connectivity index (χ2v) is 9.42. The van der Waals surface area contributed by atoms with Crippen LogP contribution in [0.15, 0.2) is 60.7 Å². The lowest BCUT2D eigenvalue weighted by atomic mass is 10.1. The Bertz CT molecular complexity index is 1300. The molecule has 0 radical (unpaired) electrons. The number of amides is 2.